The molecule has 2 heteroatoms. The summed E-state index contributed by atoms with van der Waals surface area (Å²) in [5.41, 5.74) is 3.23. The van der Waals surface area contributed by atoms with E-state index in [1.807, 2.05) is 13.0 Å². The van der Waals surface area contributed by atoms with E-state index < -0.39 is 0 Å². The third-order valence-electron chi connectivity index (χ3n) is 2.30. The second-order valence-electron chi connectivity index (χ2n) is 4.13. The van der Waals surface area contributed by atoms with Crippen molar-refractivity contribution in [2.45, 2.75) is 26.8 Å². The normalized spacial score (nSPS) is 10.9. The van der Waals surface area contributed by atoms with Gasteiger partial charge in [0.05, 0.1) is 11.2 Å². The first-order chi connectivity index (χ1) is 7.16. The minimum Gasteiger partial charge on any atom is -0.381 e. The van der Waals surface area contributed by atoms with E-state index in [0.29, 0.717) is 6.04 Å². The minimum atomic E-state index is 0.429. The molecule has 1 aromatic heterocycles. The van der Waals surface area contributed by atoms with Gasteiger partial charge >= 0.3 is 0 Å². The van der Waals surface area contributed by atoms with Crippen LogP contribution in [-0.4, -0.2) is 11.0 Å². The number of hydrogen-bond acceptors (Lipinski definition) is 2. The van der Waals surface area contributed by atoms with Crippen molar-refractivity contribution in [3.8, 4) is 0 Å². The summed E-state index contributed by atoms with van der Waals surface area (Å²) in [6.07, 6.45) is 0. The van der Waals surface area contributed by atoms with E-state index in [1.165, 1.54) is 5.39 Å². The fraction of sp³-hybridized carbons (Fsp3) is 0.308. The minimum absolute atomic E-state index is 0.429. The van der Waals surface area contributed by atoms with E-state index in [2.05, 4.69) is 48.4 Å². The number of rotatable bonds is 2. The van der Waals surface area contributed by atoms with E-state index in [1.54, 1.807) is 0 Å². The zero-order valence-electron chi connectivity index (χ0n) is 9.41. The van der Waals surface area contributed by atoms with Crippen LogP contribution in [0.15, 0.2) is 30.3 Å². The first-order valence-corrected chi connectivity index (χ1v) is 5.30. The van der Waals surface area contributed by atoms with E-state index >= 15 is 0 Å². The van der Waals surface area contributed by atoms with Crippen LogP contribution in [0.1, 0.15) is 19.5 Å². The summed E-state index contributed by atoms with van der Waals surface area (Å²) in [4.78, 5) is 4.57. The third-order valence-corrected chi connectivity index (χ3v) is 2.30. The lowest BCUT2D eigenvalue weighted by Crippen LogP contribution is -2.10. The van der Waals surface area contributed by atoms with Crippen LogP contribution >= 0.6 is 0 Å². The molecule has 0 amide bonds. The van der Waals surface area contributed by atoms with Gasteiger partial charge in [-0.15, -0.1) is 0 Å². The largest absolute Gasteiger partial charge is 0.381 e. The molecular weight excluding hydrogens is 184 g/mol. The Morgan fingerprint density at radius 2 is 1.93 bits per heavy atom. The molecule has 1 heterocycles. The van der Waals surface area contributed by atoms with E-state index in [-0.39, 0.29) is 0 Å². The molecule has 0 saturated heterocycles. The van der Waals surface area contributed by atoms with E-state index in [4.69, 9.17) is 0 Å². The SMILES string of the molecule is Cc1ccc2cccc(NC(C)C)c2n1. The van der Waals surface area contributed by atoms with Gasteiger partial charge in [-0.1, -0.05) is 18.2 Å². The van der Waals surface area contributed by atoms with Gasteiger partial charge in [0.1, 0.15) is 0 Å². The molecule has 1 aromatic carbocycles. The quantitative estimate of drug-likeness (QED) is 0.804. The number of anilines is 1. The molecule has 15 heavy (non-hydrogen) atoms. The Kier molecular flexibility index (Phi) is 2.58. The Hall–Kier alpha value is -1.57. The lowest BCUT2D eigenvalue weighted by molar-refractivity contribution is 0.901. The van der Waals surface area contributed by atoms with Crippen molar-refractivity contribution in [3.05, 3.63) is 36.0 Å². The Bertz CT molecular complexity index is 475. The third kappa shape index (κ3) is 2.09. The number of fused-ring (bicyclic) bond motifs is 1. The number of pyridine rings is 1. The molecule has 2 aromatic rings. The summed E-state index contributed by atoms with van der Waals surface area (Å²) in [6, 6.07) is 10.8. The highest BCUT2D eigenvalue weighted by atomic mass is 14.9. The fourth-order valence-electron chi connectivity index (χ4n) is 1.67. The predicted molar refractivity (Wildman–Crippen MR) is 65.2 cm³/mol. The second-order valence-corrected chi connectivity index (χ2v) is 4.13. The molecule has 1 N–H and O–H groups in total. The zero-order chi connectivity index (χ0) is 10.8. The van der Waals surface area contributed by atoms with Crippen molar-refractivity contribution < 1.29 is 0 Å². The van der Waals surface area contributed by atoms with Crippen molar-refractivity contribution in [2.75, 3.05) is 5.32 Å². The summed E-state index contributed by atoms with van der Waals surface area (Å²) in [5, 5.41) is 4.60. The molecule has 78 valence electrons. The number of nitrogens with zero attached hydrogens (tertiary/aromatic N) is 1. The van der Waals surface area contributed by atoms with Crippen LogP contribution in [0.4, 0.5) is 5.69 Å². The van der Waals surface area contributed by atoms with E-state index in [9.17, 15) is 0 Å². The Morgan fingerprint density at radius 1 is 1.13 bits per heavy atom. The second kappa shape index (κ2) is 3.89. The lowest BCUT2D eigenvalue weighted by atomic mass is 10.1. The van der Waals surface area contributed by atoms with Crippen molar-refractivity contribution >= 4 is 16.6 Å². The molecule has 0 aliphatic carbocycles. The van der Waals surface area contributed by atoms with Gasteiger partial charge in [0.15, 0.2) is 0 Å². The van der Waals surface area contributed by atoms with Gasteiger partial charge in [0.25, 0.3) is 0 Å². The number of aryl methyl sites for hydroxylation is 1. The standard InChI is InChI=1S/C13H16N2/c1-9(2)14-12-6-4-5-11-8-7-10(3)15-13(11)12/h4-9,14H,1-3H3. The number of aromatic nitrogens is 1. The Labute approximate surface area is 90.3 Å². The molecular formula is C13H16N2. The summed E-state index contributed by atoms with van der Waals surface area (Å²) < 4.78 is 0. The van der Waals surface area contributed by atoms with E-state index in [0.717, 1.165) is 16.9 Å². The molecule has 0 unspecified atom stereocenters. The van der Waals surface area contributed by atoms with Crippen LogP contribution in [0, 0.1) is 6.92 Å². The maximum atomic E-state index is 4.57. The van der Waals surface area contributed by atoms with Gasteiger partial charge in [-0.05, 0) is 32.9 Å². The first kappa shape index (κ1) is 9.97. The molecule has 0 fully saturated rings. The van der Waals surface area contributed by atoms with Crippen LogP contribution in [0.2, 0.25) is 0 Å². The molecule has 0 radical (unpaired) electrons. The van der Waals surface area contributed by atoms with Gasteiger partial charge in [0.2, 0.25) is 0 Å². The van der Waals surface area contributed by atoms with Gasteiger partial charge in [-0.3, -0.25) is 4.98 Å². The Balaban J connectivity index is 2.58. The lowest BCUT2D eigenvalue weighted by Gasteiger charge is -2.12. The van der Waals surface area contributed by atoms with Crippen molar-refractivity contribution in [2.24, 2.45) is 0 Å². The summed E-state index contributed by atoms with van der Waals surface area (Å²) in [6.45, 7) is 6.29. The molecule has 2 rings (SSSR count). The van der Waals surface area contributed by atoms with Gasteiger partial charge in [-0.2, -0.15) is 0 Å². The number of benzene rings is 1. The number of para-hydroxylation sites is 1. The maximum absolute atomic E-state index is 4.57. The summed E-state index contributed by atoms with van der Waals surface area (Å²) >= 11 is 0. The molecule has 0 saturated carbocycles. The molecule has 0 aliphatic heterocycles. The van der Waals surface area contributed by atoms with Gasteiger partial charge in [0, 0.05) is 17.1 Å². The first-order valence-electron chi connectivity index (χ1n) is 5.30. The highest BCUT2D eigenvalue weighted by molar-refractivity contribution is 5.90. The smallest absolute Gasteiger partial charge is 0.0936 e. The topological polar surface area (TPSA) is 24.9 Å². The van der Waals surface area contributed by atoms with Crippen LogP contribution in [0.25, 0.3) is 10.9 Å². The maximum Gasteiger partial charge on any atom is 0.0936 e. The fourth-order valence-corrected chi connectivity index (χ4v) is 1.67. The molecule has 2 nitrogen and oxygen atoms in total. The summed E-state index contributed by atoms with van der Waals surface area (Å²) in [7, 11) is 0. The van der Waals surface area contributed by atoms with Crippen LogP contribution in [-0.2, 0) is 0 Å². The monoisotopic (exact) mass is 200 g/mol. The van der Waals surface area contributed by atoms with Gasteiger partial charge in [-0.25, -0.2) is 0 Å². The number of hydrogen-bond donors (Lipinski definition) is 1. The van der Waals surface area contributed by atoms with Crippen molar-refractivity contribution in [3.63, 3.8) is 0 Å². The molecule has 0 bridgehead atoms. The zero-order valence-corrected chi connectivity index (χ0v) is 9.41. The Morgan fingerprint density at radius 3 is 2.67 bits per heavy atom. The highest BCUT2D eigenvalue weighted by Crippen LogP contribution is 2.22. The van der Waals surface area contributed by atoms with Gasteiger partial charge < -0.3 is 5.32 Å². The van der Waals surface area contributed by atoms with Crippen LogP contribution in [0.5, 0.6) is 0 Å². The average Bonchev–Trinajstić information content (AvgIpc) is 2.18. The van der Waals surface area contributed by atoms with Crippen molar-refractivity contribution in [1.82, 2.24) is 4.98 Å². The highest BCUT2D eigenvalue weighted by Gasteiger charge is 2.03. The average molecular weight is 200 g/mol. The number of nitrogens with one attached hydrogen (secondary N) is 1. The van der Waals surface area contributed by atoms with Crippen LogP contribution in [0.3, 0.4) is 0 Å². The predicted octanol–water partition coefficient (Wildman–Crippen LogP) is 3.36. The van der Waals surface area contributed by atoms with Crippen LogP contribution < -0.4 is 5.32 Å². The van der Waals surface area contributed by atoms with Crippen molar-refractivity contribution in [1.29, 1.82) is 0 Å². The molecule has 0 aliphatic rings. The summed E-state index contributed by atoms with van der Waals surface area (Å²) in [5.74, 6) is 0. The molecule has 0 atom stereocenters. The molecule has 0 spiro atoms.